The highest BCUT2D eigenvalue weighted by Crippen LogP contribution is 2.38. The molecule has 59 heavy (non-hydrogen) atoms. The fraction of sp³-hybridized carbons (Fsp3) is 0.918. The molecule has 0 amide bonds. The Morgan fingerprint density at radius 3 is 1.29 bits per heavy atom. The molecule has 10 heteroatoms. The highest BCUT2D eigenvalue weighted by molar-refractivity contribution is 7.45. The highest BCUT2D eigenvalue weighted by atomic mass is 31.2. The first-order valence-corrected chi connectivity index (χ1v) is 26.4. The number of nitrogens with zero attached hydrogens (tertiary/aromatic N) is 1. The first-order chi connectivity index (χ1) is 28.5. The van der Waals surface area contributed by atoms with Crippen molar-refractivity contribution < 1.29 is 42.1 Å². The van der Waals surface area contributed by atoms with Crippen molar-refractivity contribution >= 4 is 19.8 Å². The molecule has 0 aliphatic rings. The lowest BCUT2D eigenvalue weighted by atomic mass is 10.0. The number of quaternary nitrogens is 1. The number of hydrogen-bond acceptors (Lipinski definition) is 8. The molecule has 350 valence electrons. The maximum absolute atomic E-state index is 12.7. The number of likely N-dealkylation sites (N-methyl/N-ethyl adjacent to an activating group) is 1. The second-order valence-corrected chi connectivity index (χ2v) is 19.6. The van der Waals surface area contributed by atoms with Gasteiger partial charge >= 0.3 is 11.9 Å². The SMILES string of the molecule is CCCCC/C=C/CCCCCCCC(=O)OC[C@H](COP(=O)([O-])OCC[N+](C)(C)C)OC(=O)CCCCCCCCCCCCCCCCCCCCCCCCC. The Bertz CT molecular complexity index is 1020. The van der Waals surface area contributed by atoms with Crippen LogP contribution in [0.5, 0.6) is 0 Å². The molecule has 9 nitrogen and oxygen atoms in total. The van der Waals surface area contributed by atoms with Gasteiger partial charge in [-0.1, -0.05) is 199 Å². The Balaban J connectivity index is 4.16. The van der Waals surface area contributed by atoms with E-state index in [0.29, 0.717) is 17.4 Å². The van der Waals surface area contributed by atoms with E-state index in [1.54, 1.807) is 0 Å². The second-order valence-electron chi connectivity index (χ2n) is 18.2. The fourth-order valence-corrected chi connectivity index (χ4v) is 7.85. The third-order valence-electron chi connectivity index (χ3n) is 11.0. The van der Waals surface area contributed by atoms with Crippen molar-refractivity contribution in [2.45, 2.75) is 245 Å². The summed E-state index contributed by atoms with van der Waals surface area (Å²) in [4.78, 5) is 37.6. The van der Waals surface area contributed by atoms with Crippen molar-refractivity contribution in [2.75, 3.05) is 47.5 Å². The molecule has 0 aliphatic carbocycles. The molecule has 0 aromatic rings. The molecule has 0 radical (unpaired) electrons. The van der Waals surface area contributed by atoms with Gasteiger partial charge < -0.3 is 27.9 Å². The molecule has 0 bridgehead atoms. The number of carbonyl (C=O) groups is 2. The molecule has 0 saturated carbocycles. The molecular formula is C49H96NO8P. The zero-order valence-electron chi connectivity index (χ0n) is 39.5. The van der Waals surface area contributed by atoms with Gasteiger partial charge in [0.2, 0.25) is 0 Å². The molecule has 0 aromatic carbocycles. The van der Waals surface area contributed by atoms with E-state index in [-0.39, 0.29) is 32.0 Å². The molecule has 0 aromatic heterocycles. The Labute approximate surface area is 365 Å². The summed E-state index contributed by atoms with van der Waals surface area (Å²) >= 11 is 0. The maximum atomic E-state index is 12.7. The van der Waals surface area contributed by atoms with Crippen LogP contribution in [-0.2, 0) is 32.7 Å². The van der Waals surface area contributed by atoms with E-state index >= 15 is 0 Å². The molecule has 0 aliphatic heterocycles. The number of phosphoric ester groups is 1. The van der Waals surface area contributed by atoms with Gasteiger partial charge in [-0.05, 0) is 38.5 Å². The van der Waals surface area contributed by atoms with E-state index < -0.39 is 26.5 Å². The van der Waals surface area contributed by atoms with E-state index in [4.69, 9.17) is 18.5 Å². The summed E-state index contributed by atoms with van der Waals surface area (Å²) in [6.07, 6.45) is 45.3. The summed E-state index contributed by atoms with van der Waals surface area (Å²) in [7, 11) is 1.17. The number of esters is 2. The van der Waals surface area contributed by atoms with Gasteiger partial charge in [0, 0.05) is 12.8 Å². The molecule has 0 rings (SSSR count). The fourth-order valence-electron chi connectivity index (χ4n) is 7.12. The standard InChI is InChI=1S/C49H96NO8P/c1-6-8-10-12-14-16-18-20-21-22-23-24-25-26-27-28-29-30-32-34-36-38-40-42-49(52)58-47(46-57-59(53,54)56-44-43-50(3,4)5)45-55-48(51)41-39-37-35-33-31-19-17-15-13-11-9-7-2/h15,17,47H,6-14,16,18-46H2,1-5H3/b17-15+/t47-/m1/s1. The summed E-state index contributed by atoms with van der Waals surface area (Å²) in [5.74, 6) is -0.832. The smallest absolute Gasteiger partial charge is 0.306 e. The van der Waals surface area contributed by atoms with Crippen LogP contribution in [0, 0.1) is 0 Å². The number of rotatable bonds is 46. The van der Waals surface area contributed by atoms with Gasteiger partial charge in [0.1, 0.15) is 19.8 Å². The van der Waals surface area contributed by atoms with Gasteiger partial charge in [-0.25, -0.2) is 0 Å². The van der Waals surface area contributed by atoms with Crippen molar-refractivity contribution in [3.05, 3.63) is 12.2 Å². The Hall–Kier alpha value is -1.25. The van der Waals surface area contributed by atoms with Gasteiger partial charge in [0.05, 0.1) is 27.7 Å². The van der Waals surface area contributed by atoms with E-state index in [1.807, 2.05) is 21.1 Å². The molecule has 0 fully saturated rings. The molecular weight excluding hydrogens is 762 g/mol. The highest BCUT2D eigenvalue weighted by Gasteiger charge is 2.21. The predicted molar refractivity (Wildman–Crippen MR) is 245 cm³/mol. The predicted octanol–water partition coefficient (Wildman–Crippen LogP) is 13.9. The first kappa shape index (κ1) is 57.8. The van der Waals surface area contributed by atoms with Crippen LogP contribution in [0.1, 0.15) is 239 Å². The Morgan fingerprint density at radius 1 is 0.508 bits per heavy atom. The minimum absolute atomic E-state index is 0.0288. The average molecular weight is 858 g/mol. The van der Waals surface area contributed by atoms with Gasteiger partial charge in [-0.3, -0.25) is 14.2 Å². The van der Waals surface area contributed by atoms with E-state index in [1.165, 1.54) is 154 Å². The summed E-state index contributed by atoms with van der Waals surface area (Å²) in [5, 5.41) is 0. The minimum atomic E-state index is -4.62. The van der Waals surface area contributed by atoms with Crippen LogP contribution in [0.15, 0.2) is 12.2 Å². The van der Waals surface area contributed by atoms with Crippen molar-refractivity contribution in [3.8, 4) is 0 Å². The van der Waals surface area contributed by atoms with Crippen molar-refractivity contribution in [1.82, 2.24) is 0 Å². The average Bonchev–Trinajstić information content (AvgIpc) is 3.19. The van der Waals surface area contributed by atoms with Gasteiger partial charge in [0.25, 0.3) is 7.82 Å². The van der Waals surface area contributed by atoms with Crippen LogP contribution in [0.25, 0.3) is 0 Å². The lowest BCUT2D eigenvalue weighted by molar-refractivity contribution is -0.870. The van der Waals surface area contributed by atoms with Crippen LogP contribution in [-0.4, -0.2) is 70.0 Å². The maximum Gasteiger partial charge on any atom is 0.306 e. The third kappa shape index (κ3) is 46.1. The quantitative estimate of drug-likeness (QED) is 0.0196. The lowest BCUT2D eigenvalue weighted by Gasteiger charge is -2.28. The van der Waals surface area contributed by atoms with E-state index in [9.17, 15) is 19.0 Å². The second kappa shape index (κ2) is 42.1. The van der Waals surface area contributed by atoms with Crippen LogP contribution in [0.4, 0.5) is 0 Å². The Kier molecular flexibility index (Phi) is 41.2. The van der Waals surface area contributed by atoms with Crippen LogP contribution < -0.4 is 4.89 Å². The monoisotopic (exact) mass is 858 g/mol. The van der Waals surface area contributed by atoms with Gasteiger partial charge in [0.15, 0.2) is 6.10 Å². The van der Waals surface area contributed by atoms with Crippen LogP contribution >= 0.6 is 7.82 Å². The third-order valence-corrected chi connectivity index (χ3v) is 12.0. The van der Waals surface area contributed by atoms with Gasteiger partial charge in [-0.2, -0.15) is 0 Å². The molecule has 0 saturated heterocycles. The number of allylic oxidation sites excluding steroid dienone is 2. The number of phosphoric acid groups is 1. The number of ether oxygens (including phenoxy) is 2. The number of carbonyl (C=O) groups excluding carboxylic acids is 2. The normalized spacial score (nSPS) is 13.5. The number of hydrogen-bond donors (Lipinski definition) is 0. The number of unbranched alkanes of at least 4 members (excludes halogenated alkanes) is 30. The lowest BCUT2D eigenvalue weighted by Crippen LogP contribution is -2.37. The largest absolute Gasteiger partial charge is 0.756 e. The summed E-state index contributed by atoms with van der Waals surface area (Å²) in [6.45, 7) is 4.23. The Morgan fingerprint density at radius 2 is 0.864 bits per heavy atom. The van der Waals surface area contributed by atoms with Crippen LogP contribution in [0.2, 0.25) is 0 Å². The summed E-state index contributed by atoms with van der Waals surface area (Å²) < 4.78 is 34.0. The molecule has 1 unspecified atom stereocenters. The molecule has 0 heterocycles. The minimum Gasteiger partial charge on any atom is -0.756 e. The van der Waals surface area contributed by atoms with E-state index in [0.717, 1.165) is 51.4 Å². The zero-order valence-corrected chi connectivity index (χ0v) is 40.4. The first-order valence-electron chi connectivity index (χ1n) is 24.9. The van der Waals surface area contributed by atoms with Crippen molar-refractivity contribution in [2.24, 2.45) is 0 Å². The topological polar surface area (TPSA) is 111 Å². The summed E-state index contributed by atoms with van der Waals surface area (Å²) in [6, 6.07) is 0. The zero-order chi connectivity index (χ0) is 43.6. The van der Waals surface area contributed by atoms with Gasteiger partial charge in [-0.15, -0.1) is 0 Å². The van der Waals surface area contributed by atoms with Crippen LogP contribution in [0.3, 0.4) is 0 Å². The summed E-state index contributed by atoms with van der Waals surface area (Å²) in [5.41, 5.74) is 0. The van der Waals surface area contributed by atoms with E-state index in [2.05, 4.69) is 26.0 Å². The molecule has 0 spiro atoms. The van der Waals surface area contributed by atoms with Crippen molar-refractivity contribution in [3.63, 3.8) is 0 Å². The molecule has 0 N–H and O–H groups in total. The van der Waals surface area contributed by atoms with Crippen molar-refractivity contribution in [1.29, 1.82) is 0 Å². The molecule has 2 atom stereocenters.